The van der Waals surface area contributed by atoms with Gasteiger partial charge in [-0.2, -0.15) is 0 Å². The predicted octanol–water partition coefficient (Wildman–Crippen LogP) is 3.83. The maximum absolute atomic E-state index is 5.74. The number of rotatable bonds is 5. The Morgan fingerprint density at radius 3 is 2.00 bits per heavy atom. The lowest BCUT2D eigenvalue weighted by molar-refractivity contribution is 0.198. The van der Waals surface area contributed by atoms with Gasteiger partial charge in [0.15, 0.2) is 11.5 Å². The van der Waals surface area contributed by atoms with Crippen molar-refractivity contribution < 1.29 is 9.47 Å². The molecule has 0 aliphatic heterocycles. The van der Waals surface area contributed by atoms with Gasteiger partial charge in [0.25, 0.3) is 0 Å². The van der Waals surface area contributed by atoms with E-state index in [-0.39, 0.29) is 12.2 Å². The third kappa shape index (κ3) is 3.76. The summed E-state index contributed by atoms with van der Waals surface area (Å²) in [5.74, 6) is 1.63. The minimum absolute atomic E-state index is 0.154. The van der Waals surface area contributed by atoms with Crippen LogP contribution in [0.1, 0.15) is 40.2 Å². The number of ether oxygens (including phenoxy) is 2. The highest BCUT2D eigenvalue weighted by Gasteiger charge is 2.09. The van der Waals surface area contributed by atoms with Crippen molar-refractivity contribution in [1.82, 2.24) is 0 Å². The van der Waals surface area contributed by atoms with Gasteiger partial charge in [0.2, 0.25) is 0 Å². The first kappa shape index (κ1) is 12.9. The third-order valence-corrected chi connectivity index (χ3v) is 2.03. The second kappa shape index (κ2) is 5.78. The summed E-state index contributed by atoms with van der Waals surface area (Å²) < 4.78 is 11.5. The molecule has 16 heavy (non-hydrogen) atoms. The highest BCUT2D eigenvalue weighted by atomic mass is 16.5. The van der Waals surface area contributed by atoms with E-state index >= 15 is 0 Å². The molecule has 1 aromatic carbocycles. The van der Waals surface area contributed by atoms with Gasteiger partial charge < -0.3 is 9.47 Å². The zero-order valence-electron chi connectivity index (χ0n) is 10.8. The molecule has 0 saturated carbocycles. The van der Waals surface area contributed by atoms with Crippen molar-refractivity contribution in [2.45, 2.75) is 46.8 Å². The fraction of sp³-hybridized carbons (Fsp3) is 0.500. The van der Waals surface area contributed by atoms with Gasteiger partial charge in [-0.05, 0) is 51.8 Å². The van der Waals surface area contributed by atoms with Crippen LogP contribution in [0.3, 0.4) is 0 Å². The first-order chi connectivity index (χ1) is 7.52. The molecule has 0 spiro atoms. The van der Waals surface area contributed by atoms with Gasteiger partial charge >= 0.3 is 0 Å². The molecule has 0 aliphatic rings. The van der Waals surface area contributed by atoms with E-state index in [4.69, 9.17) is 9.47 Å². The maximum Gasteiger partial charge on any atom is 0.161 e. The van der Waals surface area contributed by atoms with Gasteiger partial charge in [-0.3, -0.25) is 0 Å². The summed E-state index contributed by atoms with van der Waals surface area (Å²) in [7, 11) is 0. The Balaban J connectivity index is 2.96. The average Bonchev–Trinajstić information content (AvgIpc) is 2.19. The van der Waals surface area contributed by atoms with E-state index in [1.54, 1.807) is 0 Å². The zero-order valence-corrected chi connectivity index (χ0v) is 10.8. The number of benzene rings is 1. The standard InChI is InChI=1S/C14H21O2/c1-6-12-7-8-13(15-10(2)3)14(9-12)16-11(4)5/h6-11H,1-5H3. The summed E-state index contributed by atoms with van der Waals surface area (Å²) in [5, 5.41) is 0. The summed E-state index contributed by atoms with van der Waals surface area (Å²) in [4.78, 5) is 0. The maximum atomic E-state index is 5.74. The third-order valence-electron chi connectivity index (χ3n) is 2.03. The van der Waals surface area contributed by atoms with Crippen LogP contribution in [0.4, 0.5) is 0 Å². The lowest BCUT2D eigenvalue weighted by Crippen LogP contribution is -2.10. The first-order valence-corrected chi connectivity index (χ1v) is 5.79. The SMILES string of the molecule is C[CH]c1ccc(OC(C)C)c(OC(C)C)c1. The van der Waals surface area contributed by atoms with Gasteiger partial charge in [0.05, 0.1) is 12.2 Å². The van der Waals surface area contributed by atoms with Crippen LogP contribution in [0.2, 0.25) is 0 Å². The number of hydrogen-bond donors (Lipinski definition) is 0. The topological polar surface area (TPSA) is 18.5 Å². The molecule has 2 nitrogen and oxygen atoms in total. The van der Waals surface area contributed by atoms with Crippen molar-refractivity contribution in [3.8, 4) is 11.5 Å². The molecule has 0 unspecified atom stereocenters. The Bertz CT molecular complexity index is 330. The molecule has 2 heteroatoms. The molecule has 0 atom stereocenters. The minimum Gasteiger partial charge on any atom is -0.487 e. The van der Waals surface area contributed by atoms with E-state index in [9.17, 15) is 0 Å². The molecule has 1 radical (unpaired) electrons. The Labute approximate surface area is 98.6 Å². The average molecular weight is 221 g/mol. The van der Waals surface area contributed by atoms with Gasteiger partial charge in [-0.1, -0.05) is 13.0 Å². The van der Waals surface area contributed by atoms with E-state index in [1.807, 2.05) is 59.2 Å². The molecular weight excluding hydrogens is 200 g/mol. The van der Waals surface area contributed by atoms with Gasteiger partial charge in [-0.25, -0.2) is 0 Å². The molecule has 0 saturated heterocycles. The van der Waals surface area contributed by atoms with Crippen molar-refractivity contribution in [3.05, 3.63) is 30.2 Å². The molecule has 0 N–H and O–H groups in total. The minimum atomic E-state index is 0.154. The molecule has 0 amide bonds. The van der Waals surface area contributed by atoms with Crippen molar-refractivity contribution in [2.75, 3.05) is 0 Å². The molecular formula is C14H21O2. The van der Waals surface area contributed by atoms with Crippen molar-refractivity contribution in [2.24, 2.45) is 0 Å². The van der Waals surface area contributed by atoms with Crippen LogP contribution in [-0.4, -0.2) is 12.2 Å². The van der Waals surface area contributed by atoms with E-state index in [1.165, 1.54) is 0 Å². The molecule has 0 aliphatic carbocycles. The summed E-state index contributed by atoms with van der Waals surface area (Å²) in [5.41, 5.74) is 1.15. The van der Waals surface area contributed by atoms with Gasteiger partial charge in [0, 0.05) is 0 Å². The van der Waals surface area contributed by atoms with E-state index in [0.717, 1.165) is 17.1 Å². The zero-order chi connectivity index (χ0) is 12.1. The van der Waals surface area contributed by atoms with E-state index < -0.39 is 0 Å². The molecule has 0 heterocycles. The monoisotopic (exact) mass is 221 g/mol. The fourth-order valence-electron chi connectivity index (χ4n) is 1.40. The van der Waals surface area contributed by atoms with E-state index in [0.29, 0.717) is 0 Å². The fourth-order valence-corrected chi connectivity index (χ4v) is 1.40. The Morgan fingerprint density at radius 1 is 0.938 bits per heavy atom. The normalized spacial score (nSPS) is 10.9. The second-order valence-corrected chi connectivity index (χ2v) is 4.33. The second-order valence-electron chi connectivity index (χ2n) is 4.33. The van der Waals surface area contributed by atoms with Crippen LogP contribution in [-0.2, 0) is 0 Å². The van der Waals surface area contributed by atoms with Crippen LogP contribution >= 0.6 is 0 Å². The lowest BCUT2D eigenvalue weighted by Gasteiger charge is -2.17. The smallest absolute Gasteiger partial charge is 0.161 e. The molecule has 89 valence electrons. The van der Waals surface area contributed by atoms with Crippen molar-refractivity contribution in [1.29, 1.82) is 0 Å². The van der Waals surface area contributed by atoms with Gasteiger partial charge in [0.1, 0.15) is 0 Å². The summed E-state index contributed by atoms with van der Waals surface area (Å²) in [6.45, 7) is 10.1. The Hall–Kier alpha value is -1.18. The highest BCUT2D eigenvalue weighted by Crippen LogP contribution is 2.30. The highest BCUT2D eigenvalue weighted by molar-refractivity contribution is 5.45. The summed E-state index contributed by atoms with van der Waals surface area (Å²) in [6, 6.07) is 6.01. The van der Waals surface area contributed by atoms with Crippen LogP contribution in [0.25, 0.3) is 0 Å². The largest absolute Gasteiger partial charge is 0.487 e. The van der Waals surface area contributed by atoms with Crippen LogP contribution < -0.4 is 9.47 Å². The number of hydrogen-bond acceptors (Lipinski definition) is 2. The molecule has 0 fully saturated rings. The van der Waals surface area contributed by atoms with Crippen LogP contribution in [0.15, 0.2) is 18.2 Å². The summed E-state index contributed by atoms with van der Waals surface area (Å²) >= 11 is 0. The quantitative estimate of drug-likeness (QED) is 0.752. The molecule has 0 bridgehead atoms. The Kier molecular flexibility index (Phi) is 4.66. The van der Waals surface area contributed by atoms with E-state index in [2.05, 4.69) is 0 Å². The predicted molar refractivity (Wildman–Crippen MR) is 67.0 cm³/mol. The van der Waals surface area contributed by atoms with Gasteiger partial charge in [-0.15, -0.1) is 0 Å². The van der Waals surface area contributed by atoms with Crippen molar-refractivity contribution >= 4 is 0 Å². The first-order valence-electron chi connectivity index (χ1n) is 5.79. The van der Waals surface area contributed by atoms with Crippen LogP contribution in [0, 0.1) is 6.42 Å². The molecule has 1 aromatic rings. The lowest BCUT2D eigenvalue weighted by atomic mass is 10.1. The van der Waals surface area contributed by atoms with Crippen LogP contribution in [0.5, 0.6) is 11.5 Å². The summed E-state index contributed by atoms with van der Waals surface area (Å²) in [6.07, 6.45) is 2.36. The molecule has 1 rings (SSSR count). The molecule has 0 aromatic heterocycles. The van der Waals surface area contributed by atoms with Crippen molar-refractivity contribution in [3.63, 3.8) is 0 Å². The Morgan fingerprint density at radius 2 is 1.50 bits per heavy atom.